The van der Waals surface area contributed by atoms with Gasteiger partial charge < -0.3 is 0 Å². The number of unbranched alkanes of at least 4 members (excludes halogenated alkanes) is 1. The first-order valence-corrected chi connectivity index (χ1v) is 5.65. The maximum Gasteiger partial charge on any atom is 0.0412 e. The minimum Gasteiger partial charge on any atom is -0.0955 e. The van der Waals surface area contributed by atoms with Crippen LogP contribution in [-0.2, 0) is 0 Å². The molecule has 0 saturated heterocycles. The van der Waals surface area contributed by atoms with Crippen molar-refractivity contribution in [3.8, 4) is 0 Å². The molecule has 0 nitrogen and oxygen atoms in total. The molecule has 15 heavy (non-hydrogen) atoms. The smallest absolute Gasteiger partial charge is 0.0412 e. The van der Waals surface area contributed by atoms with Gasteiger partial charge >= 0.3 is 0 Å². The number of hydrogen-bond acceptors (Lipinski definition) is 0. The summed E-state index contributed by atoms with van der Waals surface area (Å²) in [7, 11) is 0. The quantitative estimate of drug-likeness (QED) is 0.656. The molecule has 0 aliphatic heterocycles. The lowest BCUT2D eigenvalue weighted by Crippen LogP contribution is -1.84. The average Bonchev–Trinajstić information content (AvgIpc) is 2.20. The van der Waals surface area contributed by atoms with Gasteiger partial charge in [0.2, 0.25) is 0 Å². The maximum absolute atomic E-state index is 5.96. The molecule has 0 aromatic heterocycles. The highest BCUT2D eigenvalue weighted by molar-refractivity contribution is 6.30. The van der Waals surface area contributed by atoms with Gasteiger partial charge in [-0.1, -0.05) is 55.3 Å². The van der Waals surface area contributed by atoms with E-state index in [9.17, 15) is 0 Å². The zero-order valence-corrected chi connectivity index (χ0v) is 10.1. The summed E-state index contributed by atoms with van der Waals surface area (Å²) < 4.78 is 0. The molecule has 0 atom stereocenters. The van der Waals surface area contributed by atoms with E-state index in [1.807, 2.05) is 25.1 Å². The third-order valence-electron chi connectivity index (χ3n) is 2.23. The van der Waals surface area contributed by atoms with E-state index < -0.39 is 0 Å². The third kappa shape index (κ3) is 3.56. The predicted octanol–water partition coefficient (Wildman–Crippen LogP) is 5.19. The van der Waals surface area contributed by atoms with Gasteiger partial charge in [0, 0.05) is 5.02 Å². The van der Waals surface area contributed by atoms with Gasteiger partial charge in [0.15, 0.2) is 0 Å². The SMILES string of the molecule is C=C(C)c1cc(Cl)ccc1/C=C/CCC. The van der Waals surface area contributed by atoms with Crippen LogP contribution in [0.3, 0.4) is 0 Å². The van der Waals surface area contributed by atoms with Crippen molar-refractivity contribution < 1.29 is 0 Å². The van der Waals surface area contributed by atoms with E-state index in [1.165, 1.54) is 12.0 Å². The van der Waals surface area contributed by atoms with Crippen molar-refractivity contribution in [2.75, 3.05) is 0 Å². The number of rotatable bonds is 4. The minimum absolute atomic E-state index is 0.764. The monoisotopic (exact) mass is 220 g/mol. The fraction of sp³-hybridized carbons (Fsp3) is 0.286. The summed E-state index contributed by atoms with van der Waals surface area (Å²) >= 11 is 5.96. The van der Waals surface area contributed by atoms with Crippen LogP contribution in [0, 0.1) is 0 Å². The van der Waals surface area contributed by atoms with E-state index in [0.29, 0.717) is 0 Å². The Morgan fingerprint density at radius 3 is 2.80 bits per heavy atom. The number of hydrogen-bond donors (Lipinski definition) is 0. The van der Waals surface area contributed by atoms with Gasteiger partial charge in [0.25, 0.3) is 0 Å². The molecule has 0 bridgehead atoms. The molecule has 0 aliphatic carbocycles. The Bertz CT molecular complexity index is 375. The Kier molecular flexibility index (Phi) is 4.64. The summed E-state index contributed by atoms with van der Waals surface area (Å²) in [5.41, 5.74) is 3.38. The molecular formula is C14H17Cl. The summed E-state index contributed by atoms with van der Waals surface area (Å²) in [5.74, 6) is 0. The summed E-state index contributed by atoms with van der Waals surface area (Å²) in [5, 5.41) is 0.764. The molecule has 0 amide bonds. The average molecular weight is 221 g/mol. The molecule has 1 rings (SSSR count). The third-order valence-corrected chi connectivity index (χ3v) is 2.46. The molecule has 80 valence electrons. The van der Waals surface area contributed by atoms with Crippen molar-refractivity contribution in [3.05, 3.63) is 47.0 Å². The lowest BCUT2D eigenvalue weighted by molar-refractivity contribution is 0.962. The number of benzene rings is 1. The molecule has 0 unspecified atom stereocenters. The van der Waals surface area contributed by atoms with E-state index in [-0.39, 0.29) is 0 Å². The van der Waals surface area contributed by atoms with Crippen LogP contribution in [0.4, 0.5) is 0 Å². The van der Waals surface area contributed by atoms with Crippen LogP contribution >= 0.6 is 11.6 Å². The van der Waals surface area contributed by atoms with E-state index >= 15 is 0 Å². The van der Waals surface area contributed by atoms with Gasteiger partial charge in [-0.2, -0.15) is 0 Å². The Balaban J connectivity index is 3.01. The van der Waals surface area contributed by atoms with Crippen molar-refractivity contribution in [1.82, 2.24) is 0 Å². The highest BCUT2D eigenvalue weighted by Crippen LogP contribution is 2.23. The highest BCUT2D eigenvalue weighted by atomic mass is 35.5. The second-order valence-corrected chi connectivity index (χ2v) is 4.14. The van der Waals surface area contributed by atoms with Gasteiger partial charge in [-0.25, -0.2) is 0 Å². The second-order valence-electron chi connectivity index (χ2n) is 3.70. The normalized spacial score (nSPS) is 10.9. The molecule has 0 radical (unpaired) electrons. The number of halogens is 1. The van der Waals surface area contributed by atoms with Crippen LogP contribution in [0.25, 0.3) is 11.6 Å². The topological polar surface area (TPSA) is 0 Å². The van der Waals surface area contributed by atoms with E-state index in [0.717, 1.165) is 22.6 Å². The molecule has 0 fully saturated rings. The molecule has 0 aliphatic rings. The second kappa shape index (κ2) is 5.77. The first-order chi connectivity index (χ1) is 7.15. The summed E-state index contributed by atoms with van der Waals surface area (Å²) in [4.78, 5) is 0. The molecule has 1 heteroatoms. The fourth-order valence-electron chi connectivity index (χ4n) is 1.42. The van der Waals surface area contributed by atoms with E-state index in [4.69, 9.17) is 11.6 Å². The van der Waals surface area contributed by atoms with Crippen molar-refractivity contribution >= 4 is 23.3 Å². The van der Waals surface area contributed by atoms with Crippen molar-refractivity contribution in [2.24, 2.45) is 0 Å². The first kappa shape index (κ1) is 12.1. The van der Waals surface area contributed by atoms with Crippen molar-refractivity contribution in [1.29, 1.82) is 0 Å². The first-order valence-electron chi connectivity index (χ1n) is 5.27. The predicted molar refractivity (Wildman–Crippen MR) is 70.1 cm³/mol. The lowest BCUT2D eigenvalue weighted by Gasteiger charge is -2.05. The van der Waals surface area contributed by atoms with Crippen LogP contribution in [-0.4, -0.2) is 0 Å². The Morgan fingerprint density at radius 2 is 2.20 bits per heavy atom. The summed E-state index contributed by atoms with van der Waals surface area (Å²) in [6.45, 7) is 8.14. The van der Waals surface area contributed by atoms with Gasteiger partial charge in [-0.15, -0.1) is 0 Å². The van der Waals surface area contributed by atoms with Crippen LogP contribution in [0.2, 0.25) is 5.02 Å². The molecule has 0 N–H and O–H groups in total. The van der Waals surface area contributed by atoms with E-state index in [2.05, 4.69) is 25.7 Å². The zero-order chi connectivity index (χ0) is 11.3. The van der Waals surface area contributed by atoms with Gasteiger partial charge in [0.05, 0.1) is 0 Å². The molecule has 0 heterocycles. The van der Waals surface area contributed by atoms with Crippen LogP contribution in [0.1, 0.15) is 37.8 Å². The molecule has 0 spiro atoms. The Labute approximate surface area is 97.3 Å². The highest BCUT2D eigenvalue weighted by Gasteiger charge is 2.00. The molecule has 0 saturated carbocycles. The van der Waals surface area contributed by atoms with Gasteiger partial charge in [0.1, 0.15) is 0 Å². The standard InChI is InChI=1S/C14H17Cl/c1-4-5-6-7-12-8-9-13(15)10-14(12)11(2)3/h6-10H,2,4-5H2,1,3H3/b7-6+. The van der Waals surface area contributed by atoms with Crippen molar-refractivity contribution in [3.63, 3.8) is 0 Å². The maximum atomic E-state index is 5.96. The van der Waals surface area contributed by atoms with Crippen LogP contribution in [0.15, 0.2) is 30.9 Å². The number of allylic oxidation sites excluding steroid dienone is 2. The van der Waals surface area contributed by atoms with Gasteiger partial charge in [-0.05, 0) is 36.6 Å². The lowest BCUT2D eigenvalue weighted by atomic mass is 10.0. The Hall–Kier alpha value is -1.01. The molecule has 1 aromatic rings. The fourth-order valence-corrected chi connectivity index (χ4v) is 1.59. The summed E-state index contributed by atoms with van der Waals surface area (Å²) in [6, 6.07) is 5.92. The van der Waals surface area contributed by atoms with Gasteiger partial charge in [-0.3, -0.25) is 0 Å². The minimum atomic E-state index is 0.764. The largest absolute Gasteiger partial charge is 0.0955 e. The molecular weight excluding hydrogens is 204 g/mol. The Morgan fingerprint density at radius 1 is 1.47 bits per heavy atom. The van der Waals surface area contributed by atoms with E-state index in [1.54, 1.807) is 0 Å². The summed E-state index contributed by atoms with van der Waals surface area (Å²) in [6.07, 6.45) is 6.62. The molecule has 1 aromatic carbocycles. The van der Waals surface area contributed by atoms with Crippen LogP contribution < -0.4 is 0 Å². The van der Waals surface area contributed by atoms with Crippen LogP contribution in [0.5, 0.6) is 0 Å². The zero-order valence-electron chi connectivity index (χ0n) is 9.39. The van der Waals surface area contributed by atoms with Crippen molar-refractivity contribution in [2.45, 2.75) is 26.7 Å².